The molecule has 2 aromatic carbocycles. The third-order valence-corrected chi connectivity index (χ3v) is 5.46. The van der Waals surface area contributed by atoms with Crippen molar-refractivity contribution in [1.29, 1.82) is 0 Å². The Labute approximate surface area is 192 Å². The number of ether oxygens (including phenoxy) is 5. The van der Waals surface area contributed by atoms with Crippen LogP contribution < -0.4 is 18.9 Å². The number of nitrogens with zero attached hydrogens (tertiary/aromatic N) is 1. The summed E-state index contributed by atoms with van der Waals surface area (Å²) in [5.74, 6) is -0.237. The first kappa shape index (κ1) is 23.9. The van der Waals surface area contributed by atoms with Crippen LogP contribution in [0.1, 0.15) is 17.2 Å². The summed E-state index contributed by atoms with van der Waals surface area (Å²) in [7, 11) is 7.44. The molecular formula is C24H27NO8. The highest BCUT2D eigenvalue weighted by molar-refractivity contribution is 6.46. The van der Waals surface area contributed by atoms with Gasteiger partial charge < -0.3 is 33.7 Å². The minimum Gasteiger partial charge on any atom is -0.507 e. The first-order valence-corrected chi connectivity index (χ1v) is 10.1. The number of Topliss-reactive ketones (excluding diaryl/α,β-unsaturated/α-hetero) is 1. The Morgan fingerprint density at radius 3 is 2.15 bits per heavy atom. The molecule has 1 fully saturated rings. The summed E-state index contributed by atoms with van der Waals surface area (Å²) < 4.78 is 26.5. The number of carbonyl (C=O) groups excluding carboxylic acids is 2. The number of aliphatic hydroxyl groups excluding tert-OH is 1. The van der Waals surface area contributed by atoms with Crippen LogP contribution in [0.2, 0.25) is 0 Å². The van der Waals surface area contributed by atoms with Crippen molar-refractivity contribution in [3.63, 3.8) is 0 Å². The first-order chi connectivity index (χ1) is 15.9. The van der Waals surface area contributed by atoms with Crippen LogP contribution in [-0.4, -0.2) is 70.4 Å². The first-order valence-electron chi connectivity index (χ1n) is 10.1. The van der Waals surface area contributed by atoms with Crippen LogP contribution in [0.15, 0.2) is 42.0 Å². The van der Waals surface area contributed by atoms with Gasteiger partial charge in [-0.3, -0.25) is 9.59 Å². The van der Waals surface area contributed by atoms with Crippen LogP contribution in [-0.2, 0) is 14.3 Å². The number of methoxy groups -OCH3 is 5. The van der Waals surface area contributed by atoms with E-state index in [1.54, 1.807) is 36.4 Å². The molecular weight excluding hydrogens is 430 g/mol. The van der Waals surface area contributed by atoms with Gasteiger partial charge in [0.15, 0.2) is 11.5 Å². The van der Waals surface area contributed by atoms with Crippen LogP contribution >= 0.6 is 0 Å². The number of rotatable bonds is 9. The third-order valence-electron chi connectivity index (χ3n) is 5.46. The van der Waals surface area contributed by atoms with Gasteiger partial charge in [-0.2, -0.15) is 0 Å². The number of benzene rings is 2. The average molecular weight is 457 g/mol. The largest absolute Gasteiger partial charge is 0.507 e. The number of ketones is 1. The van der Waals surface area contributed by atoms with Gasteiger partial charge in [-0.15, -0.1) is 0 Å². The maximum Gasteiger partial charge on any atom is 0.295 e. The second-order valence-electron chi connectivity index (χ2n) is 7.17. The van der Waals surface area contributed by atoms with Crippen molar-refractivity contribution in [2.24, 2.45) is 0 Å². The van der Waals surface area contributed by atoms with Gasteiger partial charge in [0.2, 0.25) is 0 Å². The Bertz CT molecular complexity index is 1080. The Morgan fingerprint density at radius 2 is 1.55 bits per heavy atom. The molecule has 0 aromatic heterocycles. The lowest BCUT2D eigenvalue weighted by atomic mass is 9.94. The van der Waals surface area contributed by atoms with E-state index in [1.807, 2.05) is 0 Å². The summed E-state index contributed by atoms with van der Waals surface area (Å²) >= 11 is 0. The average Bonchev–Trinajstić information content (AvgIpc) is 3.10. The van der Waals surface area contributed by atoms with Crippen molar-refractivity contribution in [3.8, 4) is 23.0 Å². The quantitative estimate of drug-likeness (QED) is 0.348. The second-order valence-corrected chi connectivity index (χ2v) is 7.17. The lowest BCUT2D eigenvalue weighted by molar-refractivity contribution is -0.140. The number of carbonyl (C=O) groups is 2. The molecule has 3 rings (SSSR count). The summed E-state index contributed by atoms with van der Waals surface area (Å²) in [5.41, 5.74) is 0.716. The van der Waals surface area contributed by atoms with E-state index in [4.69, 9.17) is 23.7 Å². The Morgan fingerprint density at radius 1 is 0.879 bits per heavy atom. The minimum atomic E-state index is -0.879. The molecule has 0 aliphatic carbocycles. The maximum atomic E-state index is 13.1. The standard InChI is InChI=1S/C24H27NO8/c1-29-11-10-25-21(14-6-8-18(32-4)19(12-14)33-5)20(23(27)24(25)28)22(26)16-13-15(30-2)7-9-17(16)31-3/h6-9,12-13,21,26H,10-11H2,1-5H3/b22-20+. The highest BCUT2D eigenvalue weighted by Gasteiger charge is 2.46. The number of aliphatic hydroxyl groups is 1. The Hall–Kier alpha value is -3.72. The van der Waals surface area contributed by atoms with Gasteiger partial charge in [0, 0.05) is 13.7 Å². The van der Waals surface area contributed by atoms with Gasteiger partial charge >= 0.3 is 0 Å². The van der Waals surface area contributed by atoms with E-state index in [0.29, 0.717) is 28.6 Å². The molecule has 33 heavy (non-hydrogen) atoms. The number of hydrogen-bond donors (Lipinski definition) is 1. The Kier molecular flexibility index (Phi) is 7.44. The van der Waals surface area contributed by atoms with Crippen LogP contribution in [0.3, 0.4) is 0 Å². The number of hydrogen-bond acceptors (Lipinski definition) is 8. The van der Waals surface area contributed by atoms with Gasteiger partial charge in [-0.25, -0.2) is 0 Å². The molecule has 1 N–H and O–H groups in total. The third kappa shape index (κ3) is 4.45. The molecule has 0 saturated carbocycles. The molecule has 176 valence electrons. The number of likely N-dealkylation sites (tertiary alicyclic amines) is 1. The predicted molar refractivity (Wildman–Crippen MR) is 120 cm³/mol. The van der Waals surface area contributed by atoms with Crippen molar-refractivity contribution in [3.05, 3.63) is 53.1 Å². The van der Waals surface area contributed by atoms with Gasteiger partial charge in [0.05, 0.1) is 52.2 Å². The van der Waals surface area contributed by atoms with Crippen molar-refractivity contribution in [2.45, 2.75) is 6.04 Å². The molecule has 1 amide bonds. The van der Waals surface area contributed by atoms with Crippen molar-refractivity contribution >= 4 is 17.4 Å². The van der Waals surface area contributed by atoms with E-state index in [9.17, 15) is 14.7 Å². The van der Waals surface area contributed by atoms with E-state index in [-0.39, 0.29) is 30.0 Å². The molecule has 9 heteroatoms. The molecule has 0 spiro atoms. The fourth-order valence-corrected chi connectivity index (χ4v) is 3.81. The summed E-state index contributed by atoms with van der Waals surface area (Å²) in [5, 5.41) is 11.3. The lowest BCUT2D eigenvalue weighted by Gasteiger charge is -2.25. The van der Waals surface area contributed by atoms with Crippen molar-refractivity contribution in [1.82, 2.24) is 4.90 Å². The van der Waals surface area contributed by atoms with E-state index < -0.39 is 17.7 Å². The number of amides is 1. The summed E-state index contributed by atoms with van der Waals surface area (Å²) in [6.45, 7) is 0.353. The molecule has 2 aromatic rings. The highest BCUT2D eigenvalue weighted by Crippen LogP contribution is 2.43. The molecule has 0 bridgehead atoms. The fraction of sp³-hybridized carbons (Fsp3) is 0.333. The minimum absolute atomic E-state index is 0.0742. The molecule has 1 saturated heterocycles. The van der Waals surface area contributed by atoms with Gasteiger partial charge in [0.1, 0.15) is 17.3 Å². The molecule has 1 aliphatic rings. The molecule has 0 radical (unpaired) electrons. The SMILES string of the molecule is COCCN1C(=O)C(=O)/C(=C(/O)c2cc(OC)ccc2OC)C1c1ccc(OC)c(OC)c1. The summed E-state index contributed by atoms with van der Waals surface area (Å²) in [4.78, 5) is 27.5. The van der Waals surface area contributed by atoms with Crippen LogP contribution in [0.4, 0.5) is 0 Å². The van der Waals surface area contributed by atoms with Gasteiger partial charge in [-0.05, 0) is 35.9 Å². The topological polar surface area (TPSA) is 104 Å². The summed E-state index contributed by atoms with van der Waals surface area (Å²) in [6, 6.07) is 9.01. The van der Waals surface area contributed by atoms with Gasteiger partial charge in [0.25, 0.3) is 11.7 Å². The normalized spacial score (nSPS) is 17.2. The Balaban J connectivity index is 2.26. The molecule has 1 aliphatic heterocycles. The van der Waals surface area contributed by atoms with Crippen molar-refractivity contribution < 1.29 is 38.4 Å². The van der Waals surface area contributed by atoms with E-state index >= 15 is 0 Å². The van der Waals surface area contributed by atoms with Crippen molar-refractivity contribution in [2.75, 3.05) is 48.7 Å². The van der Waals surface area contributed by atoms with Crippen LogP contribution in [0.5, 0.6) is 23.0 Å². The molecule has 1 heterocycles. The predicted octanol–water partition coefficient (Wildman–Crippen LogP) is 2.79. The maximum absolute atomic E-state index is 13.1. The smallest absolute Gasteiger partial charge is 0.295 e. The van der Waals surface area contributed by atoms with E-state index in [0.717, 1.165) is 0 Å². The zero-order chi connectivity index (χ0) is 24.1. The fourth-order valence-electron chi connectivity index (χ4n) is 3.81. The molecule has 1 atom stereocenters. The van der Waals surface area contributed by atoms with Crippen LogP contribution in [0, 0.1) is 0 Å². The lowest BCUT2D eigenvalue weighted by Crippen LogP contribution is -2.32. The van der Waals surface area contributed by atoms with Crippen LogP contribution in [0.25, 0.3) is 5.76 Å². The zero-order valence-corrected chi connectivity index (χ0v) is 19.2. The highest BCUT2D eigenvalue weighted by atomic mass is 16.5. The molecule has 9 nitrogen and oxygen atoms in total. The zero-order valence-electron chi connectivity index (χ0n) is 19.2. The summed E-state index contributed by atoms with van der Waals surface area (Å²) in [6.07, 6.45) is 0. The van der Waals surface area contributed by atoms with Gasteiger partial charge in [-0.1, -0.05) is 6.07 Å². The second kappa shape index (κ2) is 10.3. The molecule has 1 unspecified atom stereocenters. The van der Waals surface area contributed by atoms with E-state index in [1.165, 1.54) is 40.4 Å². The monoisotopic (exact) mass is 457 g/mol. The van der Waals surface area contributed by atoms with E-state index in [2.05, 4.69) is 0 Å².